The Labute approximate surface area is 91.5 Å². The van der Waals surface area contributed by atoms with Crippen LogP contribution in [0.3, 0.4) is 0 Å². The molecular weight excluding hydrogens is 177 g/mol. The Bertz CT molecular complexity index is 131. The average Bonchev–Trinajstić information content (AvgIpc) is 1.87. The fraction of sp³-hybridized carbons (Fsp3) is 0.800. The maximum atomic E-state index is 10.0. The zero-order valence-corrected chi connectivity index (χ0v) is 8.73. The number of carboxylic acids is 1. The SMILES string of the molecule is O=C([O-])[C@H](CO)NCC(O)O.[Na+]. The van der Waals surface area contributed by atoms with E-state index in [1.165, 1.54) is 0 Å². The smallest absolute Gasteiger partial charge is 0.548 e. The number of hydrogen-bond donors (Lipinski definition) is 4. The van der Waals surface area contributed by atoms with Crippen molar-refractivity contribution in [3.8, 4) is 0 Å². The molecule has 0 amide bonds. The summed E-state index contributed by atoms with van der Waals surface area (Å²) in [4.78, 5) is 10.0. The molecule has 0 spiro atoms. The number of aliphatic carboxylic acids is 1. The Hall–Kier alpha value is 0.310. The molecule has 0 fully saturated rings. The Morgan fingerprint density at radius 3 is 2.25 bits per heavy atom. The molecule has 7 heteroatoms. The van der Waals surface area contributed by atoms with E-state index in [1.54, 1.807) is 0 Å². The summed E-state index contributed by atoms with van der Waals surface area (Å²) in [6.07, 6.45) is -1.64. The summed E-state index contributed by atoms with van der Waals surface area (Å²) in [6, 6.07) is -1.25. The fourth-order valence-corrected chi connectivity index (χ4v) is 0.470. The zero-order valence-electron chi connectivity index (χ0n) is 6.73. The minimum atomic E-state index is -1.64. The van der Waals surface area contributed by atoms with E-state index >= 15 is 0 Å². The van der Waals surface area contributed by atoms with Crippen molar-refractivity contribution < 1.29 is 54.8 Å². The van der Waals surface area contributed by atoms with Gasteiger partial charge in [-0.1, -0.05) is 0 Å². The molecule has 0 radical (unpaired) electrons. The molecule has 0 saturated carbocycles. The van der Waals surface area contributed by atoms with Crippen LogP contribution in [0.1, 0.15) is 0 Å². The number of hydrogen-bond acceptors (Lipinski definition) is 6. The largest absolute Gasteiger partial charge is 1.00 e. The first-order valence-electron chi connectivity index (χ1n) is 2.99. The van der Waals surface area contributed by atoms with Gasteiger partial charge in [0.25, 0.3) is 0 Å². The van der Waals surface area contributed by atoms with Crippen molar-refractivity contribution in [3.05, 3.63) is 0 Å². The summed E-state index contributed by atoms with van der Waals surface area (Å²) in [5.41, 5.74) is 0. The van der Waals surface area contributed by atoms with Gasteiger partial charge in [-0.15, -0.1) is 0 Å². The molecule has 0 aliphatic rings. The van der Waals surface area contributed by atoms with Crippen LogP contribution >= 0.6 is 0 Å². The molecule has 0 aromatic heterocycles. The van der Waals surface area contributed by atoms with Crippen LogP contribution < -0.4 is 40.0 Å². The second-order valence-electron chi connectivity index (χ2n) is 1.94. The summed E-state index contributed by atoms with van der Waals surface area (Å²) in [6.45, 7) is -0.964. The van der Waals surface area contributed by atoms with Crippen LogP contribution in [0.2, 0.25) is 0 Å². The Morgan fingerprint density at radius 2 is 2.00 bits per heavy atom. The second-order valence-corrected chi connectivity index (χ2v) is 1.94. The third kappa shape index (κ3) is 6.99. The van der Waals surface area contributed by atoms with Crippen LogP contribution in [-0.4, -0.2) is 46.8 Å². The predicted molar refractivity (Wildman–Crippen MR) is 32.1 cm³/mol. The minimum absolute atomic E-state index is 0. The van der Waals surface area contributed by atoms with Crippen molar-refractivity contribution in [2.24, 2.45) is 0 Å². The summed E-state index contributed by atoms with van der Waals surface area (Å²) in [7, 11) is 0. The average molecular weight is 187 g/mol. The molecule has 0 rings (SSSR count). The molecular formula is C5H10NNaO5. The number of rotatable bonds is 5. The van der Waals surface area contributed by atoms with Crippen molar-refractivity contribution in [1.82, 2.24) is 5.32 Å². The third-order valence-electron chi connectivity index (χ3n) is 1.01. The van der Waals surface area contributed by atoms with E-state index in [0.717, 1.165) is 0 Å². The maximum Gasteiger partial charge on any atom is 1.00 e. The maximum absolute atomic E-state index is 10.0. The predicted octanol–water partition coefficient (Wildman–Crippen LogP) is -7.00. The van der Waals surface area contributed by atoms with Crippen molar-refractivity contribution in [2.75, 3.05) is 13.2 Å². The molecule has 6 nitrogen and oxygen atoms in total. The standard InChI is InChI=1S/C5H11NO5.Na/c7-2-3(5(10)11)6-1-4(8)9;/h3-4,6-9H,1-2H2,(H,10,11);/q;+1/p-1/t3-;/m0./s1. The van der Waals surface area contributed by atoms with Crippen LogP contribution in [0, 0.1) is 0 Å². The van der Waals surface area contributed by atoms with Crippen LogP contribution in [0.25, 0.3) is 0 Å². The van der Waals surface area contributed by atoms with E-state index in [2.05, 4.69) is 5.32 Å². The fourth-order valence-electron chi connectivity index (χ4n) is 0.470. The molecule has 0 aromatic rings. The van der Waals surface area contributed by atoms with E-state index in [-0.39, 0.29) is 36.1 Å². The molecule has 0 aliphatic heterocycles. The van der Waals surface area contributed by atoms with Crippen LogP contribution in [0.4, 0.5) is 0 Å². The van der Waals surface area contributed by atoms with Gasteiger partial charge in [0.05, 0.1) is 18.6 Å². The van der Waals surface area contributed by atoms with Gasteiger partial charge >= 0.3 is 29.6 Å². The molecule has 66 valence electrons. The van der Waals surface area contributed by atoms with Crippen LogP contribution in [0.15, 0.2) is 0 Å². The van der Waals surface area contributed by atoms with E-state index in [1.807, 2.05) is 0 Å². The van der Waals surface area contributed by atoms with Crippen molar-refractivity contribution in [3.63, 3.8) is 0 Å². The zero-order chi connectivity index (χ0) is 8.85. The molecule has 0 aliphatic carbocycles. The Morgan fingerprint density at radius 1 is 1.50 bits per heavy atom. The first kappa shape index (κ1) is 14.8. The molecule has 0 saturated heterocycles. The van der Waals surface area contributed by atoms with Gasteiger partial charge in [-0.25, -0.2) is 0 Å². The summed E-state index contributed by atoms with van der Waals surface area (Å²) in [5, 5.41) is 37.1. The number of carbonyl (C=O) groups is 1. The number of aliphatic hydroxyl groups is 3. The molecule has 0 unspecified atom stereocenters. The van der Waals surface area contributed by atoms with Crippen molar-refractivity contribution in [2.45, 2.75) is 12.3 Å². The number of aliphatic hydroxyl groups excluding tert-OH is 2. The van der Waals surface area contributed by atoms with Crippen molar-refractivity contribution in [1.29, 1.82) is 0 Å². The van der Waals surface area contributed by atoms with E-state index in [9.17, 15) is 9.90 Å². The monoisotopic (exact) mass is 187 g/mol. The summed E-state index contributed by atoms with van der Waals surface area (Å²) >= 11 is 0. The molecule has 12 heavy (non-hydrogen) atoms. The van der Waals surface area contributed by atoms with Crippen molar-refractivity contribution >= 4 is 5.97 Å². The van der Waals surface area contributed by atoms with E-state index in [0.29, 0.717) is 0 Å². The molecule has 0 bridgehead atoms. The molecule has 1 atom stereocenters. The van der Waals surface area contributed by atoms with Crippen LogP contribution in [0.5, 0.6) is 0 Å². The van der Waals surface area contributed by atoms with Gasteiger partial charge in [0.1, 0.15) is 0 Å². The van der Waals surface area contributed by atoms with Crippen LogP contribution in [-0.2, 0) is 4.79 Å². The quantitative estimate of drug-likeness (QED) is 0.251. The van der Waals surface area contributed by atoms with Gasteiger partial charge in [-0.05, 0) is 0 Å². The van der Waals surface area contributed by atoms with E-state index < -0.39 is 24.9 Å². The van der Waals surface area contributed by atoms with Gasteiger partial charge in [0.2, 0.25) is 0 Å². The normalized spacial score (nSPS) is 12.3. The number of carbonyl (C=O) groups excluding carboxylic acids is 1. The minimum Gasteiger partial charge on any atom is -0.548 e. The number of carboxylic acid groups (broad SMARTS) is 1. The summed E-state index contributed by atoms with van der Waals surface area (Å²) < 4.78 is 0. The summed E-state index contributed by atoms with van der Waals surface area (Å²) in [5.74, 6) is -1.48. The van der Waals surface area contributed by atoms with E-state index in [4.69, 9.17) is 15.3 Å². The van der Waals surface area contributed by atoms with Gasteiger partial charge in [-0.2, -0.15) is 0 Å². The van der Waals surface area contributed by atoms with Gasteiger partial charge in [0, 0.05) is 6.54 Å². The third-order valence-corrected chi connectivity index (χ3v) is 1.01. The van der Waals surface area contributed by atoms with Gasteiger partial charge in [-0.3, -0.25) is 0 Å². The Balaban J connectivity index is 0. The topological polar surface area (TPSA) is 113 Å². The van der Waals surface area contributed by atoms with Gasteiger partial charge in [0.15, 0.2) is 6.29 Å². The molecule has 4 N–H and O–H groups in total. The number of nitrogens with one attached hydrogen (secondary N) is 1. The van der Waals surface area contributed by atoms with Gasteiger partial charge < -0.3 is 30.5 Å². The first-order valence-corrected chi connectivity index (χ1v) is 2.99. The second kappa shape index (κ2) is 7.93. The Kier molecular flexibility index (Phi) is 9.79. The first-order chi connectivity index (χ1) is 5.07. The molecule has 0 heterocycles. The molecule has 0 aromatic carbocycles.